The first kappa shape index (κ1) is 20.5. The van der Waals surface area contributed by atoms with Gasteiger partial charge in [-0.15, -0.1) is 0 Å². The van der Waals surface area contributed by atoms with Crippen LogP contribution in [-0.2, 0) is 19.3 Å². The summed E-state index contributed by atoms with van der Waals surface area (Å²) in [7, 11) is 0. The lowest BCUT2D eigenvalue weighted by Gasteiger charge is -2.16. The highest BCUT2D eigenvalue weighted by Gasteiger charge is 2.22. The molecule has 0 unspecified atom stereocenters. The molecule has 1 N–H and O–H groups in total. The number of benzene rings is 5. The summed E-state index contributed by atoms with van der Waals surface area (Å²) in [5.41, 5.74) is 12.2. The average Bonchev–Trinajstić information content (AvgIpc) is 3.26. The first-order chi connectivity index (χ1) is 16.8. The molecule has 5 aromatic carbocycles. The van der Waals surface area contributed by atoms with Crippen LogP contribution in [0, 0.1) is 0 Å². The van der Waals surface area contributed by atoms with Gasteiger partial charge in [-0.05, 0) is 74.2 Å². The van der Waals surface area contributed by atoms with Crippen molar-refractivity contribution in [2.75, 3.05) is 0 Å². The topological polar surface area (TPSA) is 20.2 Å². The van der Waals surface area contributed by atoms with Gasteiger partial charge < -0.3 is 5.11 Å². The lowest BCUT2D eigenvalue weighted by atomic mass is 9.89. The van der Waals surface area contributed by atoms with Crippen molar-refractivity contribution in [1.82, 2.24) is 0 Å². The zero-order valence-electron chi connectivity index (χ0n) is 19.0. The van der Waals surface area contributed by atoms with Crippen LogP contribution >= 0.6 is 0 Å². The molecule has 1 aliphatic carbocycles. The van der Waals surface area contributed by atoms with Gasteiger partial charge in [-0.1, -0.05) is 103 Å². The first-order valence-electron chi connectivity index (χ1n) is 11.9. The van der Waals surface area contributed by atoms with E-state index in [0.717, 1.165) is 17.5 Å². The largest absolute Gasteiger partial charge is 0.507 e. The quantitative estimate of drug-likeness (QED) is 0.291. The second-order valence-electron chi connectivity index (χ2n) is 9.13. The van der Waals surface area contributed by atoms with Crippen molar-refractivity contribution in [3.63, 3.8) is 0 Å². The van der Waals surface area contributed by atoms with E-state index in [1.165, 1.54) is 44.5 Å². The fraction of sp³-hybridized carbons (Fsp3) is 0.0909. The van der Waals surface area contributed by atoms with E-state index in [1.54, 1.807) is 0 Å². The molecule has 5 aromatic rings. The third-order valence-electron chi connectivity index (χ3n) is 6.90. The van der Waals surface area contributed by atoms with Crippen molar-refractivity contribution < 1.29 is 5.11 Å². The molecule has 0 heterocycles. The van der Waals surface area contributed by atoms with E-state index >= 15 is 0 Å². The van der Waals surface area contributed by atoms with Gasteiger partial charge in [0.25, 0.3) is 0 Å². The monoisotopic (exact) mass is 438 g/mol. The lowest BCUT2D eigenvalue weighted by molar-refractivity contribution is 0.463. The van der Waals surface area contributed by atoms with Gasteiger partial charge in [0.05, 0.1) is 0 Å². The van der Waals surface area contributed by atoms with E-state index in [-0.39, 0.29) is 0 Å². The Balaban J connectivity index is 1.49. The van der Waals surface area contributed by atoms with E-state index in [4.69, 9.17) is 0 Å². The van der Waals surface area contributed by atoms with Crippen LogP contribution < -0.4 is 0 Å². The summed E-state index contributed by atoms with van der Waals surface area (Å²) in [4.78, 5) is 0. The summed E-state index contributed by atoms with van der Waals surface area (Å²) in [6.45, 7) is 0. The number of aromatic hydroxyl groups is 1. The molecule has 164 valence electrons. The van der Waals surface area contributed by atoms with E-state index < -0.39 is 0 Å². The van der Waals surface area contributed by atoms with Gasteiger partial charge in [0, 0.05) is 12.8 Å². The fourth-order valence-corrected chi connectivity index (χ4v) is 5.24. The van der Waals surface area contributed by atoms with Crippen molar-refractivity contribution in [2.45, 2.75) is 19.3 Å². The summed E-state index contributed by atoms with van der Waals surface area (Å²) in [6, 6.07) is 40.5. The number of hydrogen-bond acceptors (Lipinski definition) is 1. The SMILES string of the molecule is Oc1c(Cc2ccccc2)cc(-c2cccc3c2Cc2ccccc2-3)cc1Cc1ccccc1. The maximum Gasteiger partial charge on any atom is 0.122 e. The van der Waals surface area contributed by atoms with Gasteiger partial charge in [0.1, 0.15) is 5.75 Å². The smallest absolute Gasteiger partial charge is 0.122 e. The number of rotatable bonds is 5. The molecule has 0 aliphatic heterocycles. The van der Waals surface area contributed by atoms with Crippen molar-refractivity contribution >= 4 is 0 Å². The number of phenols is 1. The predicted octanol–water partition coefficient (Wildman–Crippen LogP) is 7.81. The molecule has 0 fully saturated rings. The molecule has 6 rings (SSSR count). The number of phenolic OH excluding ortho intramolecular Hbond substituents is 1. The molecule has 0 atom stereocenters. The lowest BCUT2D eigenvalue weighted by Crippen LogP contribution is -1.98. The number of fused-ring (bicyclic) bond motifs is 3. The van der Waals surface area contributed by atoms with Crippen molar-refractivity contribution in [1.29, 1.82) is 0 Å². The van der Waals surface area contributed by atoms with E-state index in [1.807, 2.05) is 12.1 Å². The van der Waals surface area contributed by atoms with Gasteiger partial charge >= 0.3 is 0 Å². The molecule has 34 heavy (non-hydrogen) atoms. The van der Waals surface area contributed by atoms with Crippen LogP contribution in [-0.4, -0.2) is 5.11 Å². The molecule has 1 nitrogen and oxygen atoms in total. The Labute approximate surface area is 201 Å². The normalized spacial score (nSPS) is 11.8. The second kappa shape index (κ2) is 8.68. The van der Waals surface area contributed by atoms with Crippen molar-refractivity contribution in [3.8, 4) is 28.0 Å². The Bertz CT molecular complexity index is 1400. The van der Waals surface area contributed by atoms with Crippen molar-refractivity contribution in [3.05, 3.63) is 149 Å². The third kappa shape index (κ3) is 3.80. The van der Waals surface area contributed by atoms with E-state index in [0.29, 0.717) is 18.6 Å². The maximum absolute atomic E-state index is 11.3. The Morgan fingerprint density at radius 3 is 1.71 bits per heavy atom. The summed E-state index contributed by atoms with van der Waals surface area (Å²) in [5, 5.41) is 11.3. The highest BCUT2D eigenvalue weighted by Crippen LogP contribution is 2.43. The molecule has 0 radical (unpaired) electrons. The standard InChI is InChI=1S/C33H26O/c34-33-27(18-23-10-3-1-4-11-23)20-26(21-28(33)19-24-12-5-2-6-13-24)30-16-9-17-31-29-15-8-7-14-25(29)22-32(30)31/h1-17,20-21,34H,18-19,22H2. The summed E-state index contributed by atoms with van der Waals surface area (Å²) in [5.74, 6) is 0.410. The Kier molecular flexibility index (Phi) is 5.24. The van der Waals surface area contributed by atoms with Gasteiger partial charge in [-0.3, -0.25) is 0 Å². The summed E-state index contributed by atoms with van der Waals surface area (Å²) in [6.07, 6.45) is 2.36. The molecule has 1 heteroatoms. The molecular formula is C33H26O. The van der Waals surface area contributed by atoms with Gasteiger partial charge in [0.2, 0.25) is 0 Å². The molecule has 0 bridgehead atoms. The average molecular weight is 439 g/mol. The van der Waals surface area contributed by atoms with Crippen LogP contribution in [0.25, 0.3) is 22.3 Å². The van der Waals surface area contributed by atoms with E-state index in [2.05, 4.69) is 103 Å². The van der Waals surface area contributed by atoms with Crippen LogP contribution in [0.2, 0.25) is 0 Å². The zero-order valence-corrected chi connectivity index (χ0v) is 19.0. The van der Waals surface area contributed by atoms with Crippen LogP contribution in [0.1, 0.15) is 33.4 Å². The molecular weight excluding hydrogens is 412 g/mol. The maximum atomic E-state index is 11.3. The van der Waals surface area contributed by atoms with Gasteiger partial charge in [-0.2, -0.15) is 0 Å². The molecule has 0 amide bonds. The second-order valence-corrected chi connectivity index (χ2v) is 9.13. The summed E-state index contributed by atoms with van der Waals surface area (Å²) < 4.78 is 0. The number of hydrogen-bond donors (Lipinski definition) is 1. The first-order valence-corrected chi connectivity index (χ1v) is 11.9. The fourth-order valence-electron chi connectivity index (χ4n) is 5.24. The molecule has 0 saturated heterocycles. The highest BCUT2D eigenvalue weighted by atomic mass is 16.3. The Morgan fingerprint density at radius 1 is 0.529 bits per heavy atom. The predicted molar refractivity (Wildman–Crippen MR) is 140 cm³/mol. The molecule has 0 saturated carbocycles. The molecule has 1 aliphatic rings. The third-order valence-corrected chi connectivity index (χ3v) is 6.90. The van der Waals surface area contributed by atoms with Crippen LogP contribution in [0.3, 0.4) is 0 Å². The van der Waals surface area contributed by atoms with E-state index in [9.17, 15) is 5.11 Å². The Morgan fingerprint density at radius 2 is 1.06 bits per heavy atom. The summed E-state index contributed by atoms with van der Waals surface area (Å²) >= 11 is 0. The van der Waals surface area contributed by atoms with Crippen molar-refractivity contribution in [2.24, 2.45) is 0 Å². The van der Waals surface area contributed by atoms with Crippen LogP contribution in [0.5, 0.6) is 5.75 Å². The van der Waals surface area contributed by atoms with Gasteiger partial charge in [-0.25, -0.2) is 0 Å². The minimum absolute atomic E-state index is 0.410. The molecule has 0 spiro atoms. The Hall–Kier alpha value is -4.10. The van der Waals surface area contributed by atoms with Crippen LogP contribution in [0.15, 0.2) is 115 Å². The zero-order chi connectivity index (χ0) is 22.9. The van der Waals surface area contributed by atoms with Gasteiger partial charge in [0.15, 0.2) is 0 Å². The highest BCUT2D eigenvalue weighted by molar-refractivity contribution is 5.85. The minimum atomic E-state index is 0.410. The van der Waals surface area contributed by atoms with Crippen LogP contribution in [0.4, 0.5) is 0 Å². The minimum Gasteiger partial charge on any atom is -0.507 e. The molecule has 0 aromatic heterocycles.